The summed E-state index contributed by atoms with van der Waals surface area (Å²) in [4.78, 5) is 9.27. The average Bonchev–Trinajstić information content (AvgIpc) is 3.01. The zero-order valence-corrected chi connectivity index (χ0v) is 18.4. The van der Waals surface area contributed by atoms with Crippen LogP contribution in [0.25, 0.3) is 0 Å². The fourth-order valence-electron chi connectivity index (χ4n) is 2.57. The van der Waals surface area contributed by atoms with E-state index in [1.807, 2.05) is 6.92 Å². The highest BCUT2D eigenvalue weighted by molar-refractivity contribution is 14.0. The second-order valence-electron chi connectivity index (χ2n) is 5.77. The Morgan fingerprint density at radius 1 is 1.20 bits per heavy atom. The van der Waals surface area contributed by atoms with Crippen molar-refractivity contribution < 1.29 is 0 Å². The van der Waals surface area contributed by atoms with E-state index in [0.29, 0.717) is 5.92 Å². The summed E-state index contributed by atoms with van der Waals surface area (Å²) in [7, 11) is 0. The minimum atomic E-state index is 0. The number of hydrogen-bond acceptors (Lipinski definition) is 3. The summed E-state index contributed by atoms with van der Waals surface area (Å²) in [5.74, 6) is 1.35. The fourth-order valence-corrected chi connectivity index (χ4v) is 3.22. The Hall–Kier alpha value is -1.15. The summed E-state index contributed by atoms with van der Waals surface area (Å²) in [5.41, 5.74) is 2.51. The zero-order valence-electron chi connectivity index (χ0n) is 15.3. The van der Waals surface area contributed by atoms with E-state index in [9.17, 15) is 0 Å². The van der Waals surface area contributed by atoms with Crippen molar-refractivity contribution >= 4 is 41.3 Å². The number of aryl methyl sites for hydroxylation is 1. The summed E-state index contributed by atoms with van der Waals surface area (Å²) in [6.45, 7) is 8.86. The van der Waals surface area contributed by atoms with E-state index in [1.165, 1.54) is 5.56 Å². The monoisotopic (exact) mass is 472 g/mol. The molecule has 0 aliphatic rings. The summed E-state index contributed by atoms with van der Waals surface area (Å²) >= 11 is 1.70. The average molecular weight is 472 g/mol. The maximum Gasteiger partial charge on any atom is 0.191 e. The molecule has 1 unspecified atom stereocenters. The topological polar surface area (TPSA) is 49.3 Å². The Morgan fingerprint density at radius 3 is 2.56 bits per heavy atom. The van der Waals surface area contributed by atoms with Crippen LogP contribution in [0.3, 0.4) is 0 Å². The van der Waals surface area contributed by atoms with Crippen molar-refractivity contribution in [3.63, 3.8) is 0 Å². The number of nitrogens with one attached hydrogen (secondary N) is 2. The summed E-state index contributed by atoms with van der Waals surface area (Å²) in [6.07, 6.45) is 2.01. The highest BCUT2D eigenvalue weighted by Crippen LogP contribution is 2.19. The molecule has 25 heavy (non-hydrogen) atoms. The van der Waals surface area contributed by atoms with Crippen molar-refractivity contribution in [2.24, 2.45) is 4.99 Å². The second-order valence-corrected chi connectivity index (χ2v) is 6.83. The molecule has 2 N–H and O–H groups in total. The van der Waals surface area contributed by atoms with Gasteiger partial charge >= 0.3 is 0 Å². The molecule has 1 aromatic heterocycles. The zero-order chi connectivity index (χ0) is 17.2. The first-order valence-electron chi connectivity index (χ1n) is 8.71. The number of aliphatic imine (C=N–C) groups is 1. The van der Waals surface area contributed by atoms with Crippen LogP contribution >= 0.6 is 35.3 Å². The highest BCUT2D eigenvalue weighted by atomic mass is 127. The number of nitrogens with zero attached hydrogens (tertiary/aromatic N) is 2. The Kier molecular flexibility index (Phi) is 10.7. The van der Waals surface area contributed by atoms with Crippen LogP contribution in [0.5, 0.6) is 0 Å². The third-order valence-electron chi connectivity index (χ3n) is 3.92. The smallest absolute Gasteiger partial charge is 0.191 e. The summed E-state index contributed by atoms with van der Waals surface area (Å²) in [6, 6.07) is 10.6. The lowest BCUT2D eigenvalue weighted by Crippen LogP contribution is -2.38. The first-order valence-corrected chi connectivity index (χ1v) is 9.59. The fraction of sp³-hybridized carbons (Fsp3) is 0.474. The van der Waals surface area contributed by atoms with Crippen LogP contribution in [-0.4, -0.2) is 30.6 Å². The van der Waals surface area contributed by atoms with E-state index in [4.69, 9.17) is 4.99 Å². The molecule has 0 amide bonds. The molecule has 4 nitrogen and oxygen atoms in total. The van der Waals surface area contributed by atoms with Crippen LogP contribution in [0.4, 0.5) is 0 Å². The van der Waals surface area contributed by atoms with Crippen molar-refractivity contribution in [1.29, 1.82) is 0 Å². The summed E-state index contributed by atoms with van der Waals surface area (Å²) < 4.78 is 0. The molecule has 1 aromatic carbocycles. The van der Waals surface area contributed by atoms with Crippen LogP contribution in [0.15, 0.2) is 40.7 Å². The van der Waals surface area contributed by atoms with Gasteiger partial charge in [-0.05, 0) is 25.8 Å². The lowest BCUT2D eigenvalue weighted by Gasteiger charge is -2.15. The molecule has 2 aromatic rings. The Balaban J connectivity index is 0.00000312. The van der Waals surface area contributed by atoms with Gasteiger partial charge in [0.25, 0.3) is 0 Å². The molecule has 138 valence electrons. The second kappa shape index (κ2) is 12.2. The number of guanidine groups is 1. The first-order chi connectivity index (χ1) is 11.7. The van der Waals surface area contributed by atoms with Gasteiger partial charge in [0.1, 0.15) is 0 Å². The maximum atomic E-state index is 4.77. The molecule has 0 saturated heterocycles. The van der Waals surface area contributed by atoms with Crippen LogP contribution in [0.1, 0.15) is 42.5 Å². The maximum absolute atomic E-state index is 4.77. The van der Waals surface area contributed by atoms with E-state index in [2.05, 4.69) is 65.2 Å². The normalized spacial score (nSPS) is 12.4. The van der Waals surface area contributed by atoms with E-state index in [-0.39, 0.29) is 24.0 Å². The van der Waals surface area contributed by atoms with Crippen LogP contribution in [0, 0.1) is 6.92 Å². The van der Waals surface area contributed by atoms with Crippen molar-refractivity contribution in [2.75, 3.05) is 19.6 Å². The minimum absolute atomic E-state index is 0. The molecule has 0 fully saturated rings. The van der Waals surface area contributed by atoms with Gasteiger partial charge in [0.05, 0.1) is 10.7 Å². The van der Waals surface area contributed by atoms with Gasteiger partial charge in [-0.15, -0.1) is 35.3 Å². The SMILES string of the molecule is CCNC(=NCC(CC)c1ccccc1)NCCc1csc(C)n1.I. The van der Waals surface area contributed by atoms with Crippen molar-refractivity contribution in [2.45, 2.75) is 39.5 Å². The Morgan fingerprint density at radius 2 is 1.96 bits per heavy atom. The molecule has 2 rings (SSSR count). The third kappa shape index (κ3) is 7.73. The number of aromatic nitrogens is 1. The van der Waals surface area contributed by atoms with Gasteiger partial charge < -0.3 is 10.6 Å². The number of halogens is 1. The molecule has 1 atom stereocenters. The standard InChI is InChI=1S/C19H28N4S.HI/c1-4-16(17-9-7-6-8-10-17)13-22-19(20-5-2)21-12-11-18-14-24-15(3)23-18;/h6-10,14,16H,4-5,11-13H2,1-3H3,(H2,20,21,22);1H. The van der Waals surface area contributed by atoms with E-state index >= 15 is 0 Å². The number of hydrogen-bond donors (Lipinski definition) is 2. The van der Waals surface area contributed by atoms with Gasteiger partial charge in [-0.2, -0.15) is 0 Å². The molecule has 0 radical (unpaired) electrons. The summed E-state index contributed by atoms with van der Waals surface area (Å²) in [5, 5.41) is 9.99. The van der Waals surface area contributed by atoms with Gasteiger partial charge in [0.2, 0.25) is 0 Å². The molecular weight excluding hydrogens is 443 g/mol. The van der Waals surface area contributed by atoms with Gasteiger partial charge in [-0.25, -0.2) is 4.98 Å². The first kappa shape index (κ1) is 21.9. The molecule has 0 bridgehead atoms. The molecule has 0 spiro atoms. The molecule has 6 heteroatoms. The molecule has 0 saturated carbocycles. The third-order valence-corrected chi connectivity index (χ3v) is 4.74. The number of benzene rings is 1. The Labute approximate surface area is 172 Å². The van der Waals surface area contributed by atoms with Gasteiger partial charge in [-0.3, -0.25) is 4.99 Å². The largest absolute Gasteiger partial charge is 0.357 e. The van der Waals surface area contributed by atoms with Crippen LogP contribution in [-0.2, 0) is 6.42 Å². The molecular formula is C19H29IN4S. The van der Waals surface area contributed by atoms with Gasteiger partial charge in [0, 0.05) is 37.4 Å². The predicted molar refractivity (Wildman–Crippen MR) is 119 cm³/mol. The van der Waals surface area contributed by atoms with Crippen LogP contribution < -0.4 is 10.6 Å². The van der Waals surface area contributed by atoms with Crippen LogP contribution in [0.2, 0.25) is 0 Å². The highest BCUT2D eigenvalue weighted by Gasteiger charge is 2.09. The van der Waals surface area contributed by atoms with Crippen molar-refractivity contribution in [1.82, 2.24) is 15.6 Å². The van der Waals surface area contributed by atoms with Gasteiger partial charge in [-0.1, -0.05) is 37.3 Å². The lowest BCUT2D eigenvalue weighted by molar-refractivity contribution is 0.667. The van der Waals surface area contributed by atoms with Crippen molar-refractivity contribution in [3.05, 3.63) is 52.0 Å². The Bertz CT molecular complexity index is 627. The minimum Gasteiger partial charge on any atom is -0.357 e. The van der Waals surface area contributed by atoms with E-state index in [0.717, 1.165) is 49.1 Å². The van der Waals surface area contributed by atoms with Crippen molar-refractivity contribution in [3.8, 4) is 0 Å². The lowest BCUT2D eigenvalue weighted by atomic mass is 9.97. The van der Waals surface area contributed by atoms with E-state index < -0.39 is 0 Å². The van der Waals surface area contributed by atoms with E-state index in [1.54, 1.807) is 11.3 Å². The predicted octanol–water partition coefficient (Wildman–Crippen LogP) is 4.36. The quantitative estimate of drug-likeness (QED) is 0.341. The number of rotatable bonds is 8. The molecule has 0 aliphatic heterocycles. The number of thiazole rings is 1. The molecule has 1 heterocycles. The molecule has 0 aliphatic carbocycles. The van der Waals surface area contributed by atoms with Gasteiger partial charge in [0.15, 0.2) is 5.96 Å².